The largest absolute Gasteiger partial charge is 0.370 e. The Kier molecular flexibility index (Phi) is 5.43. The summed E-state index contributed by atoms with van der Waals surface area (Å²) in [6.45, 7) is 4.01. The van der Waals surface area contributed by atoms with Gasteiger partial charge in [-0.05, 0) is 42.0 Å². The lowest BCUT2D eigenvalue weighted by atomic mass is 10.2. The lowest BCUT2D eigenvalue weighted by Gasteiger charge is -2.36. The van der Waals surface area contributed by atoms with Crippen LogP contribution in [0.25, 0.3) is 5.82 Å². The summed E-state index contributed by atoms with van der Waals surface area (Å²) in [6.07, 6.45) is 7.10. The van der Waals surface area contributed by atoms with Gasteiger partial charge in [-0.3, -0.25) is 4.57 Å². The molecule has 0 aliphatic carbocycles. The molecular weight excluding hydrogens is 374 g/mol. The van der Waals surface area contributed by atoms with E-state index in [1.54, 1.807) is 18.7 Å². The van der Waals surface area contributed by atoms with E-state index < -0.39 is 0 Å². The molecule has 1 saturated heterocycles. The molecule has 144 valence electrons. The van der Waals surface area contributed by atoms with Gasteiger partial charge < -0.3 is 15.5 Å². The molecule has 1 aromatic carbocycles. The zero-order valence-electron chi connectivity index (χ0n) is 15.4. The number of hydrogen-bond acceptors (Lipinski definition) is 4. The maximum absolute atomic E-state index is 6.24. The number of nitrogens with two attached hydrogens (primary N) is 1. The van der Waals surface area contributed by atoms with Crippen LogP contribution < -0.4 is 10.6 Å². The quantitative estimate of drug-likeness (QED) is 0.542. The van der Waals surface area contributed by atoms with Crippen LogP contribution in [0.15, 0.2) is 66.3 Å². The number of anilines is 1. The van der Waals surface area contributed by atoms with Crippen molar-refractivity contribution in [2.45, 2.75) is 6.54 Å². The number of piperazine rings is 1. The van der Waals surface area contributed by atoms with E-state index in [2.05, 4.69) is 36.9 Å². The van der Waals surface area contributed by atoms with E-state index in [4.69, 9.17) is 17.3 Å². The topological polar surface area (TPSA) is 75.6 Å². The molecule has 0 atom stereocenters. The minimum Gasteiger partial charge on any atom is -0.370 e. The molecule has 0 amide bonds. The standard InChI is InChI=1S/C20H22ClN7/c21-17-1-3-18(4-2-17)26-9-11-27(12-10-26)20(22)25-14-16-5-6-24-19(13-16)28-8-7-23-15-28/h1-8,13,15H,9-12,14H2,(H2,22,25). The van der Waals surface area contributed by atoms with E-state index in [1.807, 2.05) is 35.0 Å². The van der Waals surface area contributed by atoms with E-state index in [0.717, 1.165) is 42.6 Å². The fourth-order valence-electron chi connectivity index (χ4n) is 3.21. The van der Waals surface area contributed by atoms with Crippen molar-refractivity contribution in [3.8, 4) is 5.82 Å². The highest BCUT2D eigenvalue weighted by Gasteiger charge is 2.18. The van der Waals surface area contributed by atoms with Crippen molar-refractivity contribution in [3.05, 3.63) is 71.9 Å². The molecule has 0 unspecified atom stereocenters. The molecule has 0 bridgehead atoms. The second-order valence-electron chi connectivity index (χ2n) is 6.62. The van der Waals surface area contributed by atoms with E-state index in [9.17, 15) is 0 Å². The third-order valence-corrected chi connectivity index (χ3v) is 5.05. The van der Waals surface area contributed by atoms with Gasteiger partial charge >= 0.3 is 0 Å². The highest BCUT2D eigenvalue weighted by atomic mass is 35.5. The fraction of sp³-hybridized carbons (Fsp3) is 0.250. The Morgan fingerprint density at radius 2 is 1.86 bits per heavy atom. The number of nitrogens with zero attached hydrogens (tertiary/aromatic N) is 6. The van der Waals surface area contributed by atoms with Gasteiger partial charge in [0.2, 0.25) is 0 Å². The molecule has 2 aromatic heterocycles. The van der Waals surface area contributed by atoms with Crippen molar-refractivity contribution in [3.63, 3.8) is 0 Å². The number of halogens is 1. The Hall–Kier alpha value is -3.06. The molecule has 0 saturated carbocycles. The molecule has 1 aliphatic heterocycles. The number of aromatic nitrogens is 3. The molecule has 3 heterocycles. The first-order chi connectivity index (χ1) is 13.7. The Bertz CT molecular complexity index is 929. The summed E-state index contributed by atoms with van der Waals surface area (Å²) in [5.41, 5.74) is 8.48. The molecule has 7 nitrogen and oxygen atoms in total. The van der Waals surface area contributed by atoms with Gasteiger partial charge in [-0.15, -0.1) is 0 Å². The molecule has 0 spiro atoms. The number of imidazole rings is 1. The number of guanidine groups is 1. The van der Waals surface area contributed by atoms with Gasteiger partial charge in [0.05, 0.1) is 6.54 Å². The lowest BCUT2D eigenvalue weighted by Crippen LogP contribution is -2.51. The number of aliphatic imine (C=N–C) groups is 1. The van der Waals surface area contributed by atoms with Gasteiger partial charge in [0.25, 0.3) is 0 Å². The van der Waals surface area contributed by atoms with Crippen LogP contribution in [0, 0.1) is 0 Å². The molecule has 1 aliphatic rings. The summed E-state index contributed by atoms with van der Waals surface area (Å²) in [5.74, 6) is 1.40. The van der Waals surface area contributed by atoms with Crippen LogP contribution in [-0.4, -0.2) is 51.6 Å². The summed E-state index contributed by atoms with van der Waals surface area (Å²) in [7, 11) is 0. The summed E-state index contributed by atoms with van der Waals surface area (Å²) < 4.78 is 1.87. The normalized spacial score (nSPS) is 15.1. The smallest absolute Gasteiger partial charge is 0.191 e. The molecule has 3 aromatic rings. The van der Waals surface area contributed by atoms with Crippen molar-refractivity contribution in [2.24, 2.45) is 10.7 Å². The third kappa shape index (κ3) is 4.26. The second-order valence-corrected chi connectivity index (χ2v) is 7.05. The molecular formula is C20H22ClN7. The van der Waals surface area contributed by atoms with Crippen molar-refractivity contribution >= 4 is 23.2 Å². The number of pyridine rings is 1. The van der Waals surface area contributed by atoms with Crippen molar-refractivity contribution < 1.29 is 0 Å². The average molecular weight is 396 g/mol. The van der Waals surface area contributed by atoms with Crippen LogP contribution in [0.4, 0.5) is 5.69 Å². The van der Waals surface area contributed by atoms with Crippen molar-refractivity contribution in [1.29, 1.82) is 0 Å². The minimum atomic E-state index is 0.521. The molecule has 8 heteroatoms. The van der Waals surface area contributed by atoms with Crippen LogP contribution in [0.5, 0.6) is 0 Å². The van der Waals surface area contributed by atoms with Gasteiger partial charge in [-0.2, -0.15) is 0 Å². The van der Waals surface area contributed by atoms with Crippen molar-refractivity contribution in [1.82, 2.24) is 19.4 Å². The van der Waals surface area contributed by atoms with Crippen molar-refractivity contribution in [2.75, 3.05) is 31.1 Å². The maximum atomic E-state index is 6.24. The predicted octanol–water partition coefficient (Wildman–Crippen LogP) is 2.56. The van der Waals surface area contributed by atoms with Gasteiger partial charge in [0.15, 0.2) is 5.96 Å². The van der Waals surface area contributed by atoms with Gasteiger partial charge in [-0.1, -0.05) is 11.6 Å². The Balaban J connectivity index is 1.35. The monoisotopic (exact) mass is 395 g/mol. The van der Waals surface area contributed by atoms with Gasteiger partial charge in [0.1, 0.15) is 12.1 Å². The van der Waals surface area contributed by atoms with E-state index in [1.165, 1.54) is 5.69 Å². The van der Waals surface area contributed by atoms with E-state index in [0.29, 0.717) is 12.5 Å². The first-order valence-electron chi connectivity index (χ1n) is 9.18. The molecule has 0 radical (unpaired) electrons. The fourth-order valence-corrected chi connectivity index (χ4v) is 3.34. The van der Waals surface area contributed by atoms with E-state index >= 15 is 0 Å². The highest BCUT2D eigenvalue weighted by molar-refractivity contribution is 6.30. The van der Waals surface area contributed by atoms with Gasteiger partial charge in [0, 0.05) is 55.5 Å². The molecule has 4 rings (SSSR count). The zero-order valence-corrected chi connectivity index (χ0v) is 16.2. The third-order valence-electron chi connectivity index (χ3n) is 4.80. The molecule has 1 fully saturated rings. The predicted molar refractivity (Wildman–Crippen MR) is 112 cm³/mol. The average Bonchev–Trinajstić information content (AvgIpc) is 3.28. The summed E-state index contributed by atoms with van der Waals surface area (Å²) in [5, 5.41) is 0.756. The SMILES string of the molecule is NC(=NCc1ccnc(-n2ccnc2)c1)N1CCN(c2ccc(Cl)cc2)CC1. The number of benzene rings is 1. The first-order valence-corrected chi connectivity index (χ1v) is 9.55. The Morgan fingerprint density at radius 1 is 1.07 bits per heavy atom. The molecule has 28 heavy (non-hydrogen) atoms. The zero-order chi connectivity index (χ0) is 19.3. The van der Waals surface area contributed by atoms with Crippen LogP contribution >= 0.6 is 11.6 Å². The number of rotatable bonds is 4. The first kappa shape index (κ1) is 18.3. The molecule has 2 N–H and O–H groups in total. The Labute approximate surface area is 169 Å². The lowest BCUT2D eigenvalue weighted by molar-refractivity contribution is 0.380. The highest BCUT2D eigenvalue weighted by Crippen LogP contribution is 2.19. The van der Waals surface area contributed by atoms with Crippen LogP contribution in [-0.2, 0) is 6.54 Å². The summed E-state index contributed by atoms with van der Waals surface area (Å²) in [4.78, 5) is 17.5. The second kappa shape index (κ2) is 8.31. The van der Waals surface area contributed by atoms with Crippen LogP contribution in [0.1, 0.15) is 5.56 Å². The maximum Gasteiger partial charge on any atom is 0.191 e. The van der Waals surface area contributed by atoms with Gasteiger partial charge in [-0.25, -0.2) is 15.0 Å². The van der Waals surface area contributed by atoms with E-state index in [-0.39, 0.29) is 0 Å². The number of hydrogen-bond donors (Lipinski definition) is 1. The van der Waals surface area contributed by atoms with Crippen LogP contribution in [0.2, 0.25) is 5.02 Å². The Morgan fingerprint density at radius 3 is 2.57 bits per heavy atom. The minimum absolute atomic E-state index is 0.521. The summed E-state index contributed by atoms with van der Waals surface area (Å²) in [6, 6.07) is 11.9. The van der Waals surface area contributed by atoms with Crippen LogP contribution in [0.3, 0.4) is 0 Å². The summed E-state index contributed by atoms with van der Waals surface area (Å²) >= 11 is 5.97.